The highest BCUT2D eigenvalue weighted by molar-refractivity contribution is 7.99. The molecule has 56 heavy (non-hydrogen) atoms. The summed E-state index contributed by atoms with van der Waals surface area (Å²) >= 11 is 1.43. The molecular formula is C44H40N2O9S. The number of aliphatic hydroxyl groups is 1. The first-order valence-electron chi connectivity index (χ1n) is 18.2. The number of aliphatic hydroxyl groups excluding tert-OH is 1. The molecule has 2 aliphatic rings. The lowest BCUT2D eigenvalue weighted by Gasteiger charge is -2.36. The molecule has 2 heterocycles. The summed E-state index contributed by atoms with van der Waals surface area (Å²) in [6, 6.07) is 37.9. The maximum absolute atomic E-state index is 13.3. The minimum atomic E-state index is -1.02. The number of likely N-dealkylation sites (tertiary alicyclic amines) is 1. The number of amides is 3. The van der Waals surface area contributed by atoms with Crippen molar-refractivity contribution in [2.75, 3.05) is 5.75 Å². The quantitative estimate of drug-likeness (QED) is 0.0814. The summed E-state index contributed by atoms with van der Waals surface area (Å²) in [5.74, 6) is -1.37. The van der Waals surface area contributed by atoms with Crippen LogP contribution in [-0.2, 0) is 43.6 Å². The minimum absolute atomic E-state index is 0.0305. The zero-order valence-corrected chi connectivity index (χ0v) is 31.1. The Labute approximate surface area is 328 Å². The minimum Gasteiger partial charge on any atom is -0.478 e. The lowest BCUT2D eigenvalue weighted by Crippen LogP contribution is -2.41. The summed E-state index contributed by atoms with van der Waals surface area (Å²) in [6.45, 7) is 0.00586. The highest BCUT2D eigenvalue weighted by Crippen LogP contribution is 2.40. The van der Waals surface area contributed by atoms with Gasteiger partial charge >= 0.3 is 12.1 Å². The Morgan fingerprint density at radius 2 is 1.50 bits per heavy atom. The van der Waals surface area contributed by atoms with E-state index < -0.39 is 30.3 Å². The third-order valence-corrected chi connectivity index (χ3v) is 11.0. The number of nitrogens with zero attached hydrogens (tertiary/aromatic N) is 1. The van der Waals surface area contributed by atoms with E-state index in [2.05, 4.69) is 5.32 Å². The maximum atomic E-state index is 13.3. The van der Waals surface area contributed by atoms with Crippen LogP contribution in [0.4, 0.5) is 4.79 Å². The molecule has 286 valence electrons. The summed E-state index contributed by atoms with van der Waals surface area (Å²) in [5, 5.41) is 21.8. The summed E-state index contributed by atoms with van der Waals surface area (Å²) in [4.78, 5) is 52.5. The fourth-order valence-corrected chi connectivity index (χ4v) is 7.84. The fraction of sp³-hybridized carbons (Fsp3) is 0.227. The smallest absolute Gasteiger partial charge is 0.408 e. The number of rotatable bonds is 13. The van der Waals surface area contributed by atoms with Crippen molar-refractivity contribution in [2.24, 2.45) is 0 Å². The van der Waals surface area contributed by atoms with Gasteiger partial charge in [0, 0.05) is 22.6 Å². The van der Waals surface area contributed by atoms with Crippen LogP contribution < -0.4 is 5.32 Å². The molecule has 4 atom stereocenters. The lowest BCUT2D eigenvalue weighted by atomic mass is 9.97. The monoisotopic (exact) mass is 772 g/mol. The zero-order chi connectivity index (χ0) is 39.0. The molecule has 12 heteroatoms. The van der Waals surface area contributed by atoms with Gasteiger partial charge in [-0.1, -0.05) is 115 Å². The largest absolute Gasteiger partial charge is 0.478 e. The van der Waals surface area contributed by atoms with Gasteiger partial charge in [0.05, 0.1) is 37.3 Å². The predicted molar refractivity (Wildman–Crippen MR) is 208 cm³/mol. The first kappa shape index (κ1) is 38.5. The predicted octanol–water partition coefficient (Wildman–Crippen LogP) is 7.44. The van der Waals surface area contributed by atoms with Gasteiger partial charge in [-0.05, 0) is 45.5 Å². The number of ether oxygens (including phenoxy) is 3. The second-order valence-electron chi connectivity index (χ2n) is 13.5. The molecule has 1 unspecified atom stereocenters. The van der Waals surface area contributed by atoms with E-state index >= 15 is 0 Å². The van der Waals surface area contributed by atoms with E-state index in [-0.39, 0.29) is 49.9 Å². The number of carbonyl (C=O) groups is 4. The molecule has 7 rings (SSSR count). The van der Waals surface area contributed by atoms with Gasteiger partial charge < -0.3 is 29.7 Å². The van der Waals surface area contributed by atoms with E-state index in [1.54, 1.807) is 18.2 Å². The number of carboxylic acids is 1. The Balaban J connectivity index is 1.04. The molecule has 2 saturated heterocycles. The van der Waals surface area contributed by atoms with Crippen molar-refractivity contribution in [3.8, 4) is 11.1 Å². The van der Waals surface area contributed by atoms with Crippen LogP contribution in [0, 0.1) is 0 Å². The van der Waals surface area contributed by atoms with Crippen molar-refractivity contribution in [3.05, 3.63) is 161 Å². The van der Waals surface area contributed by atoms with Gasteiger partial charge in [0.2, 0.25) is 5.91 Å². The van der Waals surface area contributed by atoms with Crippen LogP contribution in [0.5, 0.6) is 0 Å². The molecule has 3 amide bonds. The zero-order valence-electron chi connectivity index (χ0n) is 30.3. The van der Waals surface area contributed by atoms with E-state index in [1.165, 1.54) is 16.7 Å². The number of nitrogens with one attached hydrogen (secondary N) is 1. The number of benzene rings is 5. The van der Waals surface area contributed by atoms with Crippen molar-refractivity contribution in [1.29, 1.82) is 0 Å². The average molecular weight is 773 g/mol. The Morgan fingerprint density at radius 3 is 2.25 bits per heavy atom. The second kappa shape index (κ2) is 17.8. The SMILES string of the molecule is O=C(NC1CC(=O)N(Cc2ccccc2-c2ccc([C@H]3O[C@@H](CSc4ccccc4C(=O)O)C[C@@H](c4ccc(CO)cc4)O3)cc2)C1=O)OCc1ccccc1. The molecule has 0 spiro atoms. The molecular weight excluding hydrogens is 733 g/mol. The summed E-state index contributed by atoms with van der Waals surface area (Å²) in [7, 11) is 0. The van der Waals surface area contributed by atoms with Gasteiger partial charge in [-0.2, -0.15) is 0 Å². The van der Waals surface area contributed by atoms with Crippen LogP contribution in [-0.4, -0.2) is 56.9 Å². The van der Waals surface area contributed by atoms with Crippen molar-refractivity contribution in [2.45, 2.75) is 62.0 Å². The van der Waals surface area contributed by atoms with E-state index in [1.807, 2.05) is 109 Å². The Kier molecular flexibility index (Phi) is 12.2. The molecule has 0 aromatic heterocycles. The second-order valence-corrected chi connectivity index (χ2v) is 14.6. The van der Waals surface area contributed by atoms with Crippen molar-refractivity contribution < 1.29 is 43.6 Å². The van der Waals surface area contributed by atoms with Crippen molar-refractivity contribution in [1.82, 2.24) is 10.2 Å². The first-order valence-corrected chi connectivity index (χ1v) is 19.2. The Hall–Kier alpha value is -5.79. The lowest BCUT2D eigenvalue weighted by molar-refractivity contribution is -0.245. The molecule has 0 aliphatic carbocycles. The summed E-state index contributed by atoms with van der Waals surface area (Å²) in [6.07, 6.45) is -1.70. The van der Waals surface area contributed by atoms with Gasteiger partial charge in [0.1, 0.15) is 12.6 Å². The Bertz CT molecular complexity index is 2180. The fourth-order valence-electron chi connectivity index (χ4n) is 6.77. The van der Waals surface area contributed by atoms with Gasteiger partial charge in [-0.15, -0.1) is 11.8 Å². The van der Waals surface area contributed by atoms with Crippen LogP contribution in [0.15, 0.2) is 132 Å². The molecule has 2 aliphatic heterocycles. The van der Waals surface area contributed by atoms with E-state index in [9.17, 15) is 29.4 Å². The molecule has 11 nitrogen and oxygen atoms in total. The summed E-state index contributed by atoms with van der Waals surface area (Å²) < 4.78 is 18.3. The number of thioether (sulfide) groups is 1. The standard InChI is InChI=1S/C44H40N2O9S/c47-25-28-14-16-31(17-15-28)38-22-34(27-56-39-13-7-6-12-36(39)42(50)51)54-43(55-38)32-20-18-30(19-21-32)35-11-5-4-10-33(35)24-46-40(48)23-37(41(46)49)45-44(52)53-26-29-8-2-1-3-9-29/h1-21,34,37-38,43,47H,22-27H2,(H,45,52)(H,50,51)/t34-,37?,38+,43+/m1/s1. The third-order valence-electron chi connectivity index (χ3n) is 9.75. The van der Waals surface area contributed by atoms with E-state index in [4.69, 9.17) is 14.2 Å². The van der Waals surface area contributed by atoms with Crippen molar-refractivity contribution >= 4 is 35.6 Å². The number of carbonyl (C=O) groups excluding carboxylic acids is 3. The maximum Gasteiger partial charge on any atom is 0.408 e. The number of hydrogen-bond donors (Lipinski definition) is 3. The van der Waals surface area contributed by atoms with E-state index in [0.717, 1.165) is 38.9 Å². The van der Waals surface area contributed by atoms with E-state index in [0.29, 0.717) is 17.1 Å². The van der Waals surface area contributed by atoms with Crippen LogP contribution in [0.3, 0.4) is 0 Å². The molecule has 5 aromatic rings. The molecule has 0 bridgehead atoms. The van der Waals surface area contributed by atoms with Crippen molar-refractivity contribution in [3.63, 3.8) is 0 Å². The number of hydrogen-bond acceptors (Lipinski definition) is 9. The molecule has 3 N–H and O–H groups in total. The molecule has 5 aromatic carbocycles. The number of carboxylic acid groups (broad SMARTS) is 1. The molecule has 0 saturated carbocycles. The number of imide groups is 1. The third kappa shape index (κ3) is 9.18. The van der Waals surface area contributed by atoms with Gasteiger partial charge in [-0.3, -0.25) is 14.5 Å². The van der Waals surface area contributed by atoms with Crippen LogP contribution in [0.2, 0.25) is 0 Å². The average Bonchev–Trinajstić information content (AvgIpc) is 3.49. The topological polar surface area (TPSA) is 152 Å². The normalized spacial score (nSPS) is 19.5. The van der Waals surface area contributed by atoms with Gasteiger partial charge in [0.25, 0.3) is 5.91 Å². The van der Waals surface area contributed by atoms with Crippen LogP contribution >= 0.6 is 11.8 Å². The highest BCUT2D eigenvalue weighted by atomic mass is 32.2. The number of aromatic carboxylic acids is 1. The van der Waals surface area contributed by atoms with Gasteiger partial charge in [-0.25, -0.2) is 9.59 Å². The number of alkyl carbamates (subject to hydrolysis) is 1. The van der Waals surface area contributed by atoms with Crippen LogP contribution in [0.25, 0.3) is 11.1 Å². The summed E-state index contributed by atoms with van der Waals surface area (Å²) in [5.41, 5.74) is 5.99. The van der Waals surface area contributed by atoms with Gasteiger partial charge in [0.15, 0.2) is 6.29 Å². The molecule has 2 fully saturated rings. The molecule has 0 radical (unpaired) electrons. The Morgan fingerprint density at radius 1 is 0.804 bits per heavy atom. The highest BCUT2D eigenvalue weighted by Gasteiger charge is 2.40. The van der Waals surface area contributed by atoms with Crippen LogP contribution in [0.1, 0.15) is 63.4 Å². The first-order chi connectivity index (χ1) is 27.2.